The molecule has 136 valence electrons. The van der Waals surface area contributed by atoms with Crippen LogP contribution >= 0.6 is 0 Å². The van der Waals surface area contributed by atoms with Crippen molar-refractivity contribution < 1.29 is 9.53 Å². The molecule has 0 radical (unpaired) electrons. The molecule has 4 rings (SSSR count). The van der Waals surface area contributed by atoms with Crippen LogP contribution in [0.25, 0.3) is 17.2 Å². The van der Waals surface area contributed by atoms with Gasteiger partial charge in [0.1, 0.15) is 6.61 Å². The van der Waals surface area contributed by atoms with Gasteiger partial charge in [-0.1, -0.05) is 54.6 Å². The zero-order valence-electron chi connectivity index (χ0n) is 14.9. The maximum atomic E-state index is 12.0. The molecule has 1 amide bonds. The van der Waals surface area contributed by atoms with Crippen LogP contribution in [0.2, 0.25) is 0 Å². The summed E-state index contributed by atoms with van der Waals surface area (Å²) in [5.41, 5.74) is 5.83. The summed E-state index contributed by atoms with van der Waals surface area (Å²) in [4.78, 5) is 19.0. The summed E-state index contributed by atoms with van der Waals surface area (Å²) < 4.78 is 5.50. The topological polar surface area (TPSA) is 67.0 Å². The van der Waals surface area contributed by atoms with Crippen LogP contribution in [0.1, 0.15) is 29.2 Å². The highest BCUT2D eigenvalue weighted by atomic mass is 16.5. The first-order valence-electron chi connectivity index (χ1n) is 9.06. The molecule has 0 fully saturated rings. The lowest BCUT2D eigenvalue weighted by Gasteiger charge is -2.14. The van der Waals surface area contributed by atoms with Gasteiger partial charge in [-0.15, -0.1) is 0 Å². The van der Waals surface area contributed by atoms with Crippen LogP contribution < -0.4 is 5.32 Å². The average molecular weight is 359 g/mol. The summed E-state index contributed by atoms with van der Waals surface area (Å²) in [7, 11) is 0. The number of carbonyl (C=O) groups excluding carboxylic acids is 1. The highest BCUT2D eigenvalue weighted by Crippen LogP contribution is 2.44. The number of fused-ring (bicyclic) bond motifs is 3. The van der Waals surface area contributed by atoms with Gasteiger partial charge in [-0.3, -0.25) is 0 Å². The molecule has 0 spiro atoms. The van der Waals surface area contributed by atoms with E-state index in [1.165, 1.54) is 22.3 Å². The first kappa shape index (κ1) is 17.1. The van der Waals surface area contributed by atoms with Crippen LogP contribution in [0.3, 0.4) is 0 Å². The molecule has 5 heteroatoms. The quantitative estimate of drug-likeness (QED) is 0.643. The first-order chi connectivity index (χ1) is 13.3. The lowest BCUT2D eigenvalue weighted by Crippen LogP contribution is -2.26. The van der Waals surface area contributed by atoms with E-state index in [9.17, 15) is 4.79 Å². The van der Waals surface area contributed by atoms with Crippen molar-refractivity contribution in [1.82, 2.24) is 15.3 Å². The molecule has 1 aromatic heterocycles. The molecule has 0 atom stereocenters. The van der Waals surface area contributed by atoms with E-state index < -0.39 is 0 Å². The Labute approximate surface area is 158 Å². The number of aromatic nitrogens is 2. The number of hydrogen-bond acceptors (Lipinski definition) is 3. The number of hydrogen-bond donors (Lipinski definition) is 2. The van der Waals surface area contributed by atoms with Crippen molar-refractivity contribution in [2.45, 2.75) is 12.3 Å². The maximum Gasteiger partial charge on any atom is 0.407 e. The fourth-order valence-electron chi connectivity index (χ4n) is 3.48. The van der Waals surface area contributed by atoms with E-state index in [1.807, 2.05) is 36.4 Å². The fraction of sp³-hybridized carbons (Fsp3) is 0.182. The van der Waals surface area contributed by atoms with E-state index in [0.29, 0.717) is 13.2 Å². The van der Waals surface area contributed by atoms with Crippen molar-refractivity contribution in [3.63, 3.8) is 0 Å². The third-order valence-corrected chi connectivity index (χ3v) is 4.74. The van der Waals surface area contributed by atoms with E-state index >= 15 is 0 Å². The van der Waals surface area contributed by atoms with Crippen LogP contribution in [0.5, 0.6) is 0 Å². The number of aromatic amines is 1. The molecule has 1 aliphatic rings. The second kappa shape index (κ2) is 7.91. The Hall–Kier alpha value is -3.34. The summed E-state index contributed by atoms with van der Waals surface area (Å²) in [5, 5.41) is 2.80. The largest absolute Gasteiger partial charge is 0.449 e. The first-order valence-corrected chi connectivity index (χ1v) is 9.06. The Morgan fingerprint density at radius 2 is 1.81 bits per heavy atom. The number of imidazole rings is 1. The molecule has 2 N–H and O–H groups in total. The van der Waals surface area contributed by atoms with Crippen molar-refractivity contribution >= 4 is 12.2 Å². The zero-order chi connectivity index (χ0) is 18.5. The van der Waals surface area contributed by atoms with Gasteiger partial charge < -0.3 is 15.0 Å². The molecular formula is C22H21N3O2. The minimum atomic E-state index is -0.383. The second-order valence-electron chi connectivity index (χ2n) is 6.45. The van der Waals surface area contributed by atoms with Gasteiger partial charge in [0, 0.05) is 12.5 Å². The summed E-state index contributed by atoms with van der Waals surface area (Å²) in [5.74, 6) is 0.0865. The minimum Gasteiger partial charge on any atom is -0.449 e. The number of carbonyl (C=O) groups is 1. The molecule has 0 saturated carbocycles. The van der Waals surface area contributed by atoms with Gasteiger partial charge in [0.2, 0.25) is 0 Å². The number of rotatable bonds is 6. The van der Waals surface area contributed by atoms with E-state index in [-0.39, 0.29) is 12.0 Å². The smallest absolute Gasteiger partial charge is 0.407 e. The Morgan fingerprint density at radius 3 is 2.48 bits per heavy atom. The number of ether oxygens (including phenoxy) is 1. The van der Waals surface area contributed by atoms with Crippen LogP contribution in [-0.2, 0) is 4.74 Å². The summed E-state index contributed by atoms with van der Waals surface area (Å²) in [6, 6.07) is 16.6. The normalized spacial score (nSPS) is 12.7. The molecule has 5 nitrogen and oxygen atoms in total. The Kier molecular flexibility index (Phi) is 5.01. The predicted octanol–water partition coefficient (Wildman–Crippen LogP) is 4.35. The minimum absolute atomic E-state index is 0.0865. The van der Waals surface area contributed by atoms with Gasteiger partial charge in [0.05, 0.1) is 18.2 Å². The van der Waals surface area contributed by atoms with Crippen molar-refractivity contribution in [2.24, 2.45) is 0 Å². The number of nitrogens with one attached hydrogen (secondary N) is 2. The summed E-state index contributed by atoms with van der Waals surface area (Å²) in [6.07, 6.45) is 7.64. The van der Waals surface area contributed by atoms with E-state index in [2.05, 4.69) is 39.6 Å². The van der Waals surface area contributed by atoms with Crippen LogP contribution in [0.15, 0.2) is 67.1 Å². The number of nitrogens with zero attached hydrogens (tertiary/aromatic N) is 1. The SMILES string of the molecule is O=C(NCCC=Cc1cnc[nH]1)OCC1c2ccccc2-c2ccccc21. The monoisotopic (exact) mass is 359 g/mol. The standard InChI is InChI=1S/C22H21N3O2/c26-22(24-12-6-5-7-16-13-23-15-25-16)27-14-21-19-10-3-1-8-17(19)18-9-2-4-11-20(18)21/h1-5,7-11,13,15,21H,6,12,14H2,(H,23,25)(H,24,26). The lowest BCUT2D eigenvalue weighted by atomic mass is 9.98. The molecule has 27 heavy (non-hydrogen) atoms. The van der Waals surface area contributed by atoms with Crippen LogP contribution in [0, 0.1) is 0 Å². The van der Waals surface area contributed by atoms with Gasteiger partial charge in [0.15, 0.2) is 0 Å². The summed E-state index contributed by atoms with van der Waals surface area (Å²) >= 11 is 0. The van der Waals surface area contributed by atoms with Gasteiger partial charge in [0.25, 0.3) is 0 Å². The Balaban J connectivity index is 1.30. The molecule has 2 aromatic carbocycles. The van der Waals surface area contributed by atoms with Gasteiger partial charge in [-0.05, 0) is 34.8 Å². The number of amides is 1. The van der Waals surface area contributed by atoms with Crippen molar-refractivity contribution in [3.8, 4) is 11.1 Å². The number of alkyl carbamates (subject to hydrolysis) is 1. The average Bonchev–Trinajstić information content (AvgIpc) is 3.32. The highest BCUT2D eigenvalue weighted by molar-refractivity contribution is 5.79. The molecule has 0 bridgehead atoms. The van der Waals surface area contributed by atoms with Gasteiger partial charge >= 0.3 is 6.09 Å². The predicted molar refractivity (Wildman–Crippen MR) is 105 cm³/mol. The third-order valence-electron chi connectivity index (χ3n) is 4.74. The van der Waals surface area contributed by atoms with E-state index in [0.717, 1.165) is 12.1 Å². The van der Waals surface area contributed by atoms with Crippen molar-refractivity contribution in [3.05, 3.63) is 84.0 Å². The molecule has 0 aliphatic heterocycles. The fourth-order valence-corrected chi connectivity index (χ4v) is 3.48. The second-order valence-corrected chi connectivity index (χ2v) is 6.45. The molecule has 1 aliphatic carbocycles. The Morgan fingerprint density at radius 1 is 1.11 bits per heavy atom. The molecule has 3 aromatic rings. The van der Waals surface area contributed by atoms with Crippen LogP contribution in [0.4, 0.5) is 4.79 Å². The van der Waals surface area contributed by atoms with Crippen LogP contribution in [-0.4, -0.2) is 29.2 Å². The maximum absolute atomic E-state index is 12.0. The van der Waals surface area contributed by atoms with Gasteiger partial charge in [-0.2, -0.15) is 0 Å². The van der Waals surface area contributed by atoms with Crippen molar-refractivity contribution in [2.75, 3.05) is 13.2 Å². The van der Waals surface area contributed by atoms with E-state index in [1.54, 1.807) is 12.5 Å². The molecular weight excluding hydrogens is 338 g/mol. The molecule has 0 saturated heterocycles. The lowest BCUT2D eigenvalue weighted by molar-refractivity contribution is 0.143. The van der Waals surface area contributed by atoms with E-state index in [4.69, 9.17) is 4.74 Å². The highest BCUT2D eigenvalue weighted by Gasteiger charge is 2.28. The Bertz CT molecular complexity index is 902. The molecule has 0 unspecified atom stereocenters. The van der Waals surface area contributed by atoms with Crippen molar-refractivity contribution in [1.29, 1.82) is 0 Å². The van der Waals surface area contributed by atoms with Gasteiger partial charge in [-0.25, -0.2) is 9.78 Å². The number of H-pyrrole nitrogens is 1. The third kappa shape index (κ3) is 3.77. The number of benzene rings is 2. The zero-order valence-corrected chi connectivity index (χ0v) is 14.9. The summed E-state index contributed by atoms with van der Waals surface area (Å²) in [6.45, 7) is 0.866. The molecule has 1 heterocycles.